The Labute approximate surface area is 130 Å². The Balaban J connectivity index is 2.00. The minimum atomic E-state index is -0.351. The Bertz CT molecular complexity index is 689. The molecule has 0 unspecified atom stereocenters. The molecular weight excluding hydrogens is 337 g/mol. The number of halogens is 2. The van der Waals surface area contributed by atoms with Gasteiger partial charge in [-0.2, -0.15) is 4.98 Å². The van der Waals surface area contributed by atoms with Crippen LogP contribution in [-0.2, 0) is 0 Å². The van der Waals surface area contributed by atoms with Crippen LogP contribution in [-0.4, -0.2) is 17.0 Å². The SMILES string of the molecule is CNc1nc(C2CC2)nc(Oc2cc(F)ccc2Br)c1C. The molecule has 1 heterocycles. The van der Waals surface area contributed by atoms with Crippen LogP contribution in [0.1, 0.15) is 30.1 Å². The largest absolute Gasteiger partial charge is 0.437 e. The van der Waals surface area contributed by atoms with Gasteiger partial charge >= 0.3 is 0 Å². The summed E-state index contributed by atoms with van der Waals surface area (Å²) in [5.74, 6) is 2.46. The van der Waals surface area contributed by atoms with Crippen molar-refractivity contribution in [1.82, 2.24) is 9.97 Å². The number of aromatic nitrogens is 2. The Hall–Kier alpha value is -1.69. The van der Waals surface area contributed by atoms with Crippen LogP contribution in [0.5, 0.6) is 11.6 Å². The first kappa shape index (κ1) is 14.3. The Morgan fingerprint density at radius 2 is 2.10 bits per heavy atom. The van der Waals surface area contributed by atoms with Gasteiger partial charge in [0.2, 0.25) is 5.88 Å². The first-order valence-electron chi connectivity index (χ1n) is 6.77. The van der Waals surface area contributed by atoms with Crippen molar-refractivity contribution < 1.29 is 9.13 Å². The van der Waals surface area contributed by atoms with Crippen LogP contribution in [0, 0.1) is 12.7 Å². The second kappa shape index (κ2) is 5.60. The molecule has 0 amide bonds. The lowest BCUT2D eigenvalue weighted by Crippen LogP contribution is -2.05. The maximum absolute atomic E-state index is 13.4. The van der Waals surface area contributed by atoms with E-state index in [9.17, 15) is 4.39 Å². The van der Waals surface area contributed by atoms with Crippen molar-refractivity contribution >= 4 is 21.7 Å². The first-order chi connectivity index (χ1) is 10.1. The van der Waals surface area contributed by atoms with Crippen molar-refractivity contribution in [3.05, 3.63) is 39.9 Å². The van der Waals surface area contributed by atoms with E-state index in [2.05, 4.69) is 31.2 Å². The van der Waals surface area contributed by atoms with Crippen LogP contribution < -0.4 is 10.1 Å². The predicted molar refractivity (Wildman–Crippen MR) is 82.5 cm³/mol. The monoisotopic (exact) mass is 351 g/mol. The number of nitrogens with zero attached hydrogens (tertiary/aromatic N) is 2. The van der Waals surface area contributed by atoms with Gasteiger partial charge in [-0.05, 0) is 47.8 Å². The molecular formula is C15H15BrFN3O. The van der Waals surface area contributed by atoms with Gasteiger partial charge in [0.25, 0.3) is 0 Å². The Morgan fingerprint density at radius 1 is 1.33 bits per heavy atom. The molecule has 1 fully saturated rings. The van der Waals surface area contributed by atoms with Crippen LogP contribution >= 0.6 is 15.9 Å². The summed E-state index contributed by atoms with van der Waals surface area (Å²) >= 11 is 3.36. The lowest BCUT2D eigenvalue weighted by atomic mass is 10.3. The third kappa shape index (κ3) is 3.00. The van der Waals surface area contributed by atoms with Gasteiger partial charge in [0, 0.05) is 19.0 Å². The number of rotatable bonds is 4. The average Bonchev–Trinajstić information content (AvgIpc) is 3.29. The van der Waals surface area contributed by atoms with Gasteiger partial charge in [-0.1, -0.05) is 0 Å². The molecule has 4 nitrogen and oxygen atoms in total. The number of hydrogen-bond donors (Lipinski definition) is 1. The van der Waals surface area contributed by atoms with Crippen molar-refractivity contribution in [2.45, 2.75) is 25.7 Å². The van der Waals surface area contributed by atoms with E-state index in [4.69, 9.17) is 4.74 Å². The summed E-state index contributed by atoms with van der Waals surface area (Å²) in [6.07, 6.45) is 2.21. The van der Waals surface area contributed by atoms with Crippen LogP contribution in [0.2, 0.25) is 0 Å². The lowest BCUT2D eigenvalue weighted by molar-refractivity contribution is 0.447. The fourth-order valence-corrected chi connectivity index (χ4v) is 2.37. The van der Waals surface area contributed by atoms with E-state index < -0.39 is 0 Å². The van der Waals surface area contributed by atoms with Gasteiger partial charge < -0.3 is 10.1 Å². The van der Waals surface area contributed by atoms with Gasteiger partial charge in [-0.15, -0.1) is 0 Å². The standard InChI is InChI=1S/C15H15BrFN3O/c1-8-13(18-2)19-14(9-3-4-9)20-15(8)21-12-7-10(17)5-6-11(12)16/h5-7,9H,3-4H2,1-2H3,(H,18,19,20). The third-order valence-electron chi connectivity index (χ3n) is 3.40. The topological polar surface area (TPSA) is 47.0 Å². The number of nitrogens with one attached hydrogen (secondary N) is 1. The molecule has 0 bridgehead atoms. The van der Waals surface area contributed by atoms with Crippen molar-refractivity contribution in [1.29, 1.82) is 0 Å². The summed E-state index contributed by atoms with van der Waals surface area (Å²) in [5, 5.41) is 3.05. The summed E-state index contributed by atoms with van der Waals surface area (Å²) < 4.78 is 19.9. The summed E-state index contributed by atoms with van der Waals surface area (Å²) in [6, 6.07) is 4.32. The van der Waals surface area contributed by atoms with Crippen LogP contribution in [0.15, 0.2) is 22.7 Å². The fourth-order valence-electron chi connectivity index (χ4n) is 2.04. The zero-order chi connectivity index (χ0) is 15.0. The zero-order valence-electron chi connectivity index (χ0n) is 11.8. The smallest absolute Gasteiger partial charge is 0.227 e. The maximum Gasteiger partial charge on any atom is 0.227 e. The molecule has 21 heavy (non-hydrogen) atoms. The van der Waals surface area contributed by atoms with E-state index in [0.717, 1.165) is 30.0 Å². The van der Waals surface area contributed by atoms with Crippen LogP contribution in [0.25, 0.3) is 0 Å². The summed E-state index contributed by atoms with van der Waals surface area (Å²) in [7, 11) is 1.81. The second-order valence-electron chi connectivity index (χ2n) is 5.06. The molecule has 110 valence electrons. The Kier molecular flexibility index (Phi) is 3.80. The highest BCUT2D eigenvalue weighted by Gasteiger charge is 2.28. The maximum atomic E-state index is 13.4. The van der Waals surface area contributed by atoms with Gasteiger partial charge in [-0.3, -0.25) is 0 Å². The summed E-state index contributed by atoms with van der Waals surface area (Å²) in [6.45, 7) is 1.88. The van der Waals surface area contributed by atoms with Gasteiger partial charge in [0.1, 0.15) is 23.2 Å². The van der Waals surface area contributed by atoms with E-state index in [1.54, 1.807) is 6.07 Å². The van der Waals surface area contributed by atoms with Crippen molar-refractivity contribution in [3.63, 3.8) is 0 Å². The fraction of sp³-hybridized carbons (Fsp3) is 0.333. The van der Waals surface area contributed by atoms with E-state index in [0.29, 0.717) is 22.0 Å². The molecule has 2 aromatic rings. The first-order valence-corrected chi connectivity index (χ1v) is 7.57. The normalized spacial score (nSPS) is 14.1. The average molecular weight is 352 g/mol. The van der Waals surface area contributed by atoms with Gasteiger partial charge in [0.15, 0.2) is 0 Å². The minimum Gasteiger partial charge on any atom is -0.437 e. The number of benzene rings is 1. The third-order valence-corrected chi connectivity index (χ3v) is 4.05. The number of ether oxygens (including phenoxy) is 1. The molecule has 1 aliphatic carbocycles. The molecule has 0 spiro atoms. The highest BCUT2D eigenvalue weighted by molar-refractivity contribution is 9.10. The molecule has 1 aliphatic rings. The van der Waals surface area contributed by atoms with E-state index in [-0.39, 0.29) is 5.82 Å². The number of hydrogen-bond acceptors (Lipinski definition) is 4. The second-order valence-corrected chi connectivity index (χ2v) is 5.92. The molecule has 1 aromatic carbocycles. The van der Waals surface area contributed by atoms with Gasteiger partial charge in [0.05, 0.1) is 10.0 Å². The molecule has 1 saturated carbocycles. The van der Waals surface area contributed by atoms with E-state index >= 15 is 0 Å². The molecule has 6 heteroatoms. The van der Waals surface area contributed by atoms with Crippen LogP contribution in [0.3, 0.4) is 0 Å². The molecule has 3 rings (SSSR count). The van der Waals surface area contributed by atoms with Gasteiger partial charge in [-0.25, -0.2) is 9.37 Å². The molecule has 1 aromatic heterocycles. The van der Waals surface area contributed by atoms with E-state index in [1.165, 1.54) is 12.1 Å². The molecule has 0 saturated heterocycles. The Morgan fingerprint density at radius 3 is 2.76 bits per heavy atom. The van der Waals surface area contributed by atoms with Crippen molar-refractivity contribution in [2.24, 2.45) is 0 Å². The van der Waals surface area contributed by atoms with E-state index in [1.807, 2.05) is 14.0 Å². The lowest BCUT2D eigenvalue weighted by Gasteiger charge is -2.13. The minimum absolute atomic E-state index is 0.351. The molecule has 0 aliphatic heterocycles. The predicted octanol–water partition coefficient (Wildman–Crippen LogP) is 4.40. The zero-order valence-corrected chi connectivity index (χ0v) is 13.4. The summed E-state index contributed by atoms with van der Waals surface area (Å²) in [5.41, 5.74) is 0.804. The molecule has 0 radical (unpaired) electrons. The number of anilines is 1. The summed E-state index contributed by atoms with van der Waals surface area (Å²) in [4.78, 5) is 9.00. The highest BCUT2D eigenvalue weighted by Crippen LogP contribution is 2.41. The highest BCUT2D eigenvalue weighted by atomic mass is 79.9. The molecule has 1 N–H and O–H groups in total. The van der Waals surface area contributed by atoms with Crippen molar-refractivity contribution in [2.75, 3.05) is 12.4 Å². The molecule has 0 atom stereocenters. The van der Waals surface area contributed by atoms with Crippen LogP contribution in [0.4, 0.5) is 10.2 Å². The quantitative estimate of drug-likeness (QED) is 0.886. The van der Waals surface area contributed by atoms with Crippen molar-refractivity contribution in [3.8, 4) is 11.6 Å².